The molecule has 0 aromatic carbocycles. The summed E-state index contributed by atoms with van der Waals surface area (Å²) in [6.07, 6.45) is 6.29. The molecule has 1 unspecified atom stereocenters. The van der Waals surface area contributed by atoms with Crippen LogP contribution in [0.2, 0.25) is 0 Å². The van der Waals surface area contributed by atoms with Gasteiger partial charge in [-0.15, -0.1) is 0 Å². The van der Waals surface area contributed by atoms with E-state index in [-0.39, 0.29) is 0 Å². The zero-order valence-corrected chi connectivity index (χ0v) is 11.8. The Hall–Kier alpha value is -0.930. The topological polar surface area (TPSA) is 28.2 Å². The molecule has 1 saturated heterocycles. The molecule has 2 heterocycles. The van der Waals surface area contributed by atoms with Crippen LogP contribution in [0.1, 0.15) is 45.2 Å². The molecular formula is C15H25N3. The maximum absolute atomic E-state index is 4.09. The van der Waals surface area contributed by atoms with Gasteiger partial charge in [0.25, 0.3) is 0 Å². The van der Waals surface area contributed by atoms with Crippen LogP contribution in [0.15, 0.2) is 24.5 Å². The summed E-state index contributed by atoms with van der Waals surface area (Å²) in [7, 11) is 0. The first-order valence-corrected chi connectivity index (χ1v) is 7.07. The molecule has 1 fully saturated rings. The van der Waals surface area contributed by atoms with Crippen LogP contribution in [0.25, 0.3) is 0 Å². The minimum absolute atomic E-state index is 0.507. The van der Waals surface area contributed by atoms with E-state index in [1.54, 1.807) is 0 Å². The van der Waals surface area contributed by atoms with E-state index in [0.717, 1.165) is 0 Å². The highest BCUT2D eigenvalue weighted by Gasteiger charge is 2.23. The molecule has 1 N–H and O–H groups in total. The van der Waals surface area contributed by atoms with Crippen molar-refractivity contribution in [3.63, 3.8) is 0 Å². The van der Waals surface area contributed by atoms with Gasteiger partial charge in [-0.2, -0.15) is 0 Å². The number of piperidine rings is 1. The second kappa shape index (κ2) is 6.30. The predicted molar refractivity (Wildman–Crippen MR) is 75.5 cm³/mol. The summed E-state index contributed by atoms with van der Waals surface area (Å²) in [6.45, 7) is 9.13. The highest BCUT2D eigenvalue weighted by Crippen LogP contribution is 2.23. The monoisotopic (exact) mass is 247 g/mol. The zero-order valence-electron chi connectivity index (χ0n) is 11.8. The molecule has 1 aliphatic rings. The minimum Gasteiger partial charge on any atom is -0.312 e. The summed E-state index contributed by atoms with van der Waals surface area (Å²) in [5.41, 5.74) is 1.38. The first kappa shape index (κ1) is 13.5. The van der Waals surface area contributed by atoms with Crippen LogP contribution in [0.5, 0.6) is 0 Å². The summed E-state index contributed by atoms with van der Waals surface area (Å²) >= 11 is 0. The number of likely N-dealkylation sites (tertiary alicyclic amines) is 1. The number of pyridine rings is 1. The Morgan fingerprint density at radius 2 is 1.78 bits per heavy atom. The SMILES string of the molecule is CC(C)NC1CCN(C(C)c2ccncc2)CC1. The summed E-state index contributed by atoms with van der Waals surface area (Å²) in [5.74, 6) is 0. The second-order valence-electron chi connectivity index (χ2n) is 5.59. The van der Waals surface area contributed by atoms with Crippen LogP contribution in [0, 0.1) is 0 Å². The fourth-order valence-electron chi connectivity index (χ4n) is 2.78. The summed E-state index contributed by atoms with van der Waals surface area (Å²) < 4.78 is 0. The minimum atomic E-state index is 0.507. The lowest BCUT2D eigenvalue weighted by Crippen LogP contribution is -2.45. The third-order valence-electron chi connectivity index (χ3n) is 3.83. The molecule has 1 aromatic heterocycles. The Morgan fingerprint density at radius 3 is 2.33 bits per heavy atom. The highest BCUT2D eigenvalue weighted by atomic mass is 15.2. The molecule has 0 aliphatic carbocycles. The van der Waals surface area contributed by atoms with Crippen molar-refractivity contribution < 1.29 is 0 Å². The summed E-state index contributed by atoms with van der Waals surface area (Å²) in [4.78, 5) is 6.67. The van der Waals surface area contributed by atoms with E-state index in [0.29, 0.717) is 18.1 Å². The Bertz CT molecular complexity index is 342. The highest BCUT2D eigenvalue weighted by molar-refractivity contribution is 5.14. The van der Waals surface area contributed by atoms with Crippen molar-refractivity contribution in [2.24, 2.45) is 0 Å². The second-order valence-corrected chi connectivity index (χ2v) is 5.59. The molecule has 1 aliphatic heterocycles. The largest absolute Gasteiger partial charge is 0.312 e. The van der Waals surface area contributed by atoms with Crippen molar-refractivity contribution in [1.29, 1.82) is 0 Å². The number of nitrogens with one attached hydrogen (secondary N) is 1. The fourth-order valence-corrected chi connectivity index (χ4v) is 2.78. The Morgan fingerprint density at radius 1 is 1.17 bits per heavy atom. The van der Waals surface area contributed by atoms with Gasteiger partial charge in [0.2, 0.25) is 0 Å². The number of rotatable bonds is 4. The van der Waals surface area contributed by atoms with E-state index < -0.39 is 0 Å². The number of nitrogens with zero attached hydrogens (tertiary/aromatic N) is 2. The third kappa shape index (κ3) is 3.53. The molecular weight excluding hydrogens is 222 g/mol. The van der Waals surface area contributed by atoms with E-state index in [2.05, 4.69) is 48.1 Å². The summed E-state index contributed by atoms with van der Waals surface area (Å²) in [5, 5.41) is 3.64. The van der Waals surface area contributed by atoms with E-state index >= 15 is 0 Å². The van der Waals surface area contributed by atoms with Crippen LogP contribution in [-0.2, 0) is 0 Å². The zero-order chi connectivity index (χ0) is 13.0. The molecule has 0 spiro atoms. The number of hydrogen-bond acceptors (Lipinski definition) is 3. The average molecular weight is 247 g/mol. The van der Waals surface area contributed by atoms with E-state index in [9.17, 15) is 0 Å². The van der Waals surface area contributed by atoms with Gasteiger partial charge in [-0.1, -0.05) is 13.8 Å². The van der Waals surface area contributed by atoms with E-state index in [4.69, 9.17) is 0 Å². The average Bonchev–Trinajstić information content (AvgIpc) is 2.39. The van der Waals surface area contributed by atoms with Gasteiger partial charge in [0.15, 0.2) is 0 Å². The lowest BCUT2D eigenvalue weighted by molar-refractivity contribution is 0.149. The van der Waals surface area contributed by atoms with E-state index in [1.165, 1.54) is 31.5 Å². The molecule has 1 aromatic rings. The first-order valence-electron chi connectivity index (χ1n) is 7.07. The van der Waals surface area contributed by atoms with Gasteiger partial charge in [0.1, 0.15) is 0 Å². The summed E-state index contributed by atoms with van der Waals surface area (Å²) in [6, 6.07) is 6.06. The molecule has 2 rings (SSSR count). The number of hydrogen-bond donors (Lipinski definition) is 1. The van der Waals surface area contributed by atoms with Gasteiger partial charge in [0, 0.05) is 43.6 Å². The Labute approximate surface area is 111 Å². The molecule has 3 nitrogen and oxygen atoms in total. The van der Waals surface area contributed by atoms with Crippen molar-refractivity contribution in [1.82, 2.24) is 15.2 Å². The van der Waals surface area contributed by atoms with Gasteiger partial charge in [-0.05, 0) is 37.5 Å². The maximum Gasteiger partial charge on any atom is 0.0321 e. The van der Waals surface area contributed by atoms with Crippen molar-refractivity contribution in [3.8, 4) is 0 Å². The lowest BCUT2D eigenvalue weighted by Gasteiger charge is -2.37. The fraction of sp³-hybridized carbons (Fsp3) is 0.667. The molecule has 1 atom stereocenters. The smallest absolute Gasteiger partial charge is 0.0321 e. The first-order chi connectivity index (χ1) is 8.66. The molecule has 0 radical (unpaired) electrons. The van der Waals surface area contributed by atoms with Crippen LogP contribution in [0.4, 0.5) is 0 Å². The van der Waals surface area contributed by atoms with Crippen LogP contribution in [0.3, 0.4) is 0 Å². The van der Waals surface area contributed by atoms with Crippen LogP contribution < -0.4 is 5.32 Å². The van der Waals surface area contributed by atoms with Crippen molar-refractivity contribution >= 4 is 0 Å². The molecule has 0 amide bonds. The van der Waals surface area contributed by atoms with Gasteiger partial charge in [-0.3, -0.25) is 9.88 Å². The molecule has 0 bridgehead atoms. The van der Waals surface area contributed by atoms with Gasteiger partial charge in [0.05, 0.1) is 0 Å². The van der Waals surface area contributed by atoms with Crippen LogP contribution in [-0.4, -0.2) is 35.1 Å². The van der Waals surface area contributed by atoms with Gasteiger partial charge in [-0.25, -0.2) is 0 Å². The predicted octanol–water partition coefficient (Wildman–Crippen LogP) is 2.61. The maximum atomic E-state index is 4.09. The molecule has 100 valence electrons. The molecule has 0 saturated carbocycles. The Kier molecular flexibility index (Phi) is 4.72. The number of aromatic nitrogens is 1. The normalized spacial score (nSPS) is 20.2. The van der Waals surface area contributed by atoms with Crippen molar-refractivity contribution in [2.45, 2.75) is 51.7 Å². The molecule has 3 heteroatoms. The van der Waals surface area contributed by atoms with Gasteiger partial charge >= 0.3 is 0 Å². The molecule has 18 heavy (non-hydrogen) atoms. The van der Waals surface area contributed by atoms with Gasteiger partial charge < -0.3 is 5.32 Å². The Balaban J connectivity index is 1.86. The van der Waals surface area contributed by atoms with Crippen molar-refractivity contribution in [3.05, 3.63) is 30.1 Å². The van der Waals surface area contributed by atoms with Crippen LogP contribution >= 0.6 is 0 Å². The quantitative estimate of drug-likeness (QED) is 0.886. The lowest BCUT2D eigenvalue weighted by atomic mass is 10.0. The van der Waals surface area contributed by atoms with E-state index in [1.807, 2.05) is 12.4 Å². The van der Waals surface area contributed by atoms with Crippen molar-refractivity contribution in [2.75, 3.05) is 13.1 Å². The standard InChI is InChI=1S/C15H25N3/c1-12(2)17-15-6-10-18(11-7-15)13(3)14-4-8-16-9-5-14/h4-5,8-9,12-13,15,17H,6-7,10-11H2,1-3H3. The third-order valence-corrected chi connectivity index (χ3v) is 3.83.